The average molecular weight is 297 g/mol. The molecule has 0 atom stereocenters. The van der Waals surface area contributed by atoms with E-state index in [1.165, 1.54) is 18.2 Å². The van der Waals surface area contributed by atoms with Crippen molar-refractivity contribution < 1.29 is 9.13 Å². The number of ether oxygens (including phenoxy) is 1. The molecule has 0 aliphatic heterocycles. The van der Waals surface area contributed by atoms with Crippen LogP contribution >= 0.6 is 0 Å². The maximum absolute atomic E-state index is 13.2. The van der Waals surface area contributed by atoms with Gasteiger partial charge in [0.2, 0.25) is 0 Å². The fourth-order valence-corrected chi connectivity index (χ4v) is 2.49. The number of allylic oxidation sites excluding steroid dienone is 5. The van der Waals surface area contributed by atoms with Crippen LogP contribution in [0.1, 0.15) is 6.42 Å². The average Bonchev–Trinajstić information content (AvgIpc) is 2.75. The third-order valence-corrected chi connectivity index (χ3v) is 3.69. The van der Waals surface area contributed by atoms with Crippen molar-refractivity contribution in [3.63, 3.8) is 0 Å². The molecule has 0 saturated heterocycles. The van der Waals surface area contributed by atoms with Crippen molar-refractivity contribution in [2.45, 2.75) is 13.0 Å². The van der Waals surface area contributed by atoms with E-state index in [2.05, 4.69) is 0 Å². The molecule has 0 fully saturated rings. The molecule has 1 heterocycles. The van der Waals surface area contributed by atoms with Gasteiger partial charge in [-0.1, -0.05) is 18.2 Å². The highest BCUT2D eigenvalue weighted by Gasteiger charge is 2.06. The molecule has 0 unspecified atom stereocenters. The molecule has 22 heavy (non-hydrogen) atoms. The number of aromatic nitrogens is 1. The SMILES string of the molecule is COC1=CC=C(Cn2ccc3cc(F)ccc3c2=O)C=CC1. The van der Waals surface area contributed by atoms with Crippen LogP contribution in [0.5, 0.6) is 0 Å². The summed E-state index contributed by atoms with van der Waals surface area (Å²) in [4.78, 5) is 12.5. The van der Waals surface area contributed by atoms with Crippen molar-refractivity contribution in [2.24, 2.45) is 0 Å². The Hall–Kier alpha value is -2.62. The normalized spacial score (nSPS) is 14.5. The van der Waals surface area contributed by atoms with Gasteiger partial charge in [0.05, 0.1) is 19.4 Å². The van der Waals surface area contributed by atoms with Gasteiger partial charge in [0, 0.05) is 18.0 Å². The smallest absolute Gasteiger partial charge is 0.258 e. The lowest BCUT2D eigenvalue weighted by Gasteiger charge is -2.08. The van der Waals surface area contributed by atoms with Crippen molar-refractivity contribution in [2.75, 3.05) is 7.11 Å². The molecule has 1 aromatic heterocycles. The van der Waals surface area contributed by atoms with Crippen LogP contribution in [0.4, 0.5) is 4.39 Å². The highest BCUT2D eigenvalue weighted by molar-refractivity contribution is 5.81. The van der Waals surface area contributed by atoms with Crippen LogP contribution in [0.25, 0.3) is 10.8 Å². The van der Waals surface area contributed by atoms with E-state index in [1.807, 2.05) is 24.3 Å². The van der Waals surface area contributed by atoms with Crippen LogP contribution in [-0.4, -0.2) is 11.7 Å². The Morgan fingerprint density at radius 2 is 2.14 bits per heavy atom. The second-order valence-corrected chi connectivity index (χ2v) is 5.17. The largest absolute Gasteiger partial charge is 0.501 e. The summed E-state index contributed by atoms with van der Waals surface area (Å²) in [6.07, 6.45) is 10.3. The summed E-state index contributed by atoms with van der Waals surface area (Å²) in [6.45, 7) is 0.468. The van der Waals surface area contributed by atoms with E-state index in [0.29, 0.717) is 17.3 Å². The lowest BCUT2D eigenvalue weighted by Crippen LogP contribution is -2.20. The van der Waals surface area contributed by atoms with Crippen LogP contribution in [0.2, 0.25) is 0 Å². The van der Waals surface area contributed by atoms with Crippen molar-refractivity contribution >= 4 is 10.8 Å². The number of hydrogen-bond donors (Lipinski definition) is 0. The van der Waals surface area contributed by atoms with Crippen LogP contribution < -0.4 is 5.56 Å². The maximum atomic E-state index is 13.2. The van der Waals surface area contributed by atoms with Gasteiger partial charge in [-0.05, 0) is 41.3 Å². The molecule has 1 aliphatic rings. The third-order valence-electron chi connectivity index (χ3n) is 3.69. The van der Waals surface area contributed by atoms with Gasteiger partial charge >= 0.3 is 0 Å². The first-order valence-electron chi connectivity index (χ1n) is 7.06. The van der Waals surface area contributed by atoms with Crippen molar-refractivity contribution in [1.29, 1.82) is 0 Å². The molecular formula is C18H16FNO2. The van der Waals surface area contributed by atoms with E-state index in [9.17, 15) is 9.18 Å². The molecule has 3 rings (SSSR count). The summed E-state index contributed by atoms with van der Waals surface area (Å²) < 4.78 is 20.1. The van der Waals surface area contributed by atoms with Gasteiger partial charge in [-0.25, -0.2) is 4.39 Å². The second kappa shape index (κ2) is 6.02. The van der Waals surface area contributed by atoms with Gasteiger partial charge in [0.25, 0.3) is 5.56 Å². The first-order valence-corrected chi connectivity index (χ1v) is 7.06. The van der Waals surface area contributed by atoms with Crippen molar-refractivity contribution in [3.8, 4) is 0 Å². The quantitative estimate of drug-likeness (QED) is 0.867. The topological polar surface area (TPSA) is 31.2 Å². The van der Waals surface area contributed by atoms with Gasteiger partial charge < -0.3 is 9.30 Å². The van der Waals surface area contributed by atoms with Crippen LogP contribution in [0.15, 0.2) is 70.9 Å². The Balaban J connectivity index is 1.96. The minimum atomic E-state index is -0.337. The monoisotopic (exact) mass is 297 g/mol. The molecule has 0 N–H and O–H groups in total. The number of fused-ring (bicyclic) bond motifs is 1. The molecular weight excluding hydrogens is 281 g/mol. The highest BCUT2D eigenvalue weighted by atomic mass is 19.1. The molecule has 0 spiro atoms. The van der Waals surface area contributed by atoms with Gasteiger partial charge in [0.15, 0.2) is 0 Å². The Labute approximate surface area is 127 Å². The Kier molecular flexibility index (Phi) is 3.92. The van der Waals surface area contributed by atoms with Gasteiger partial charge in [0.1, 0.15) is 5.82 Å². The van der Waals surface area contributed by atoms with E-state index in [0.717, 1.165) is 17.8 Å². The van der Waals surface area contributed by atoms with E-state index in [1.54, 1.807) is 23.9 Å². The number of benzene rings is 1. The Morgan fingerprint density at radius 1 is 1.27 bits per heavy atom. The number of nitrogens with zero attached hydrogens (tertiary/aromatic N) is 1. The molecule has 0 bridgehead atoms. The van der Waals surface area contributed by atoms with E-state index >= 15 is 0 Å². The zero-order chi connectivity index (χ0) is 15.5. The van der Waals surface area contributed by atoms with Gasteiger partial charge in [-0.3, -0.25) is 4.79 Å². The molecule has 112 valence electrons. The number of halogens is 1. The fraction of sp³-hybridized carbons (Fsp3) is 0.167. The predicted octanol–water partition coefficient (Wildman–Crippen LogP) is 3.56. The Bertz CT molecular complexity index is 859. The van der Waals surface area contributed by atoms with Crippen LogP contribution in [0.3, 0.4) is 0 Å². The minimum Gasteiger partial charge on any atom is -0.501 e. The van der Waals surface area contributed by atoms with Crippen LogP contribution in [-0.2, 0) is 11.3 Å². The van der Waals surface area contributed by atoms with Crippen molar-refractivity contribution in [3.05, 3.63) is 82.3 Å². The Morgan fingerprint density at radius 3 is 2.95 bits per heavy atom. The predicted molar refractivity (Wildman–Crippen MR) is 85.1 cm³/mol. The maximum Gasteiger partial charge on any atom is 0.258 e. The summed E-state index contributed by atoms with van der Waals surface area (Å²) in [5.74, 6) is 0.545. The van der Waals surface area contributed by atoms with E-state index < -0.39 is 0 Å². The first-order chi connectivity index (χ1) is 10.7. The van der Waals surface area contributed by atoms with Crippen molar-refractivity contribution in [1.82, 2.24) is 4.57 Å². The number of methoxy groups -OCH3 is 1. The molecule has 2 aromatic rings. The number of pyridine rings is 1. The minimum absolute atomic E-state index is 0.119. The van der Waals surface area contributed by atoms with Gasteiger partial charge in [-0.15, -0.1) is 0 Å². The summed E-state index contributed by atoms with van der Waals surface area (Å²) in [7, 11) is 1.64. The van der Waals surface area contributed by atoms with Crippen LogP contribution in [0, 0.1) is 5.82 Å². The molecule has 3 nitrogen and oxygen atoms in total. The molecule has 0 radical (unpaired) electrons. The third kappa shape index (κ3) is 2.86. The lowest BCUT2D eigenvalue weighted by molar-refractivity contribution is 0.285. The van der Waals surface area contributed by atoms with Gasteiger partial charge in [-0.2, -0.15) is 0 Å². The standard InChI is InChI=1S/C18H16FNO2/c1-22-16-4-2-3-13(5-7-16)12-20-10-9-14-11-15(19)6-8-17(14)18(20)21/h2-3,5-11H,4,12H2,1H3. The second-order valence-electron chi connectivity index (χ2n) is 5.17. The highest BCUT2D eigenvalue weighted by Crippen LogP contribution is 2.15. The zero-order valence-electron chi connectivity index (χ0n) is 12.3. The molecule has 0 saturated carbocycles. The number of rotatable bonds is 3. The summed E-state index contributed by atoms with van der Waals surface area (Å²) in [5, 5.41) is 1.14. The number of hydrogen-bond acceptors (Lipinski definition) is 2. The summed E-state index contributed by atoms with van der Waals surface area (Å²) in [6, 6.07) is 5.98. The summed E-state index contributed by atoms with van der Waals surface area (Å²) >= 11 is 0. The molecule has 1 aromatic carbocycles. The lowest BCUT2D eigenvalue weighted by atomic mass is 10.1. The summed E-state index contributed by atoms with van der Waals surface area (Å²) in [5.41, 5.74) is 0.891. The molecule has 0 amide bonds. The first kappa shape index (κ1) is 14.3. The molecule has 1 aliphatic carbocycles. The fourth-order valence-electron chi connectivity index (χ4n) is 2.49. The van der Waals surface area contributed by atoms with E-state index in [4.69, 9.17) is 4.74 Å². The van der Waals surface area contributed by atoms with E-state index in [-0.39, 0.29) is 11.4 Å². The molecule has 4 heteroatoms. The zero-order valence-corrected chi connectivity index (χ0v) is 12.3.